The van der Waals surface area contributed by atoms with Crippen molar-refractivity contribution in [1.82, 2.24) is 0 Å². The number of aliphatic carboxylic acids is 1. The number of allylic oxidation sites excluding steroid dienone is 11. The molecular formula is C46H78NO11P. The van der Waals surface area contributed by atoms with E-state index in [4.69, 9.17) is 24.8 Å². The van der Waals surface area contributed by atoms with Crippen molar-refractivity contribution in [2.45, 2.75) is 180 Å². The van der Waals surface area contributed by atoms with Crippen molar-refractivity contribution in [2.75, 3.05) is 19.8 Å². The maximum absolute atomic E-state index is 12.6. The number of phosphoric ester groups is 1. The van der Waals surface area contributed by atoms with Crippen LogP contribution >= 0.6 is 7.82 Å². The number of esters is 2. The molecule has 0 aliphatic heterocycles. The summed E-state index contributed by atoms with van der Waals surface area (Å²) >= 11 is 0. The lowest BCUT2D eigenvalue weighted by atomic mass is 10.1. The first-order valence-electron chi connectivity index (χ1n) is 22.1. The minimum absolute atomic E-state index is 0.0116. The van der Waals surface area contributed by atoms with E-state index in [2.05, 4.69) is 67.0 Å². The molecule has 0 spiro atoms. The molecule has 0 aromatic heterocycles. The second kappa shape index (κ2) is 40.3. The van der Waals surface area contributed by atoms with E-state index in [9.17, 15) is 28.9 Å². The Morgan fingerprint density at radius 2 is 1.10 bits per heavy atom. The first-order chi connectivity index (χ1) is 28.5. The Kier molecular flexibility index (Phi) is 38.2. The van der Waals surface area contributed by atoms with Crippen LogP contribution in [0.2, 0.25) is 0 Å². The van der Waals surface area contributed by atoms with Crippen molar-refractivity contribution < 1.29 is 52.6 Å². The van der Waals surface area contributed by atoms with Gasteiger partial charge in [0.05, 0.1) is 19.3 Å². The summed E-state index contributed by atoms with van der Waals surface area (Å²) in [6, 6.07) is -1.55. The molecule has 5 N–H and O–H groups in total. The molecule has 0 aromatic rings. The molecule has 1 unspecified atom stereocenters. The van der Waals surface area contributed by atoms with E-state index in [1.165, 1.54) is 38.5 Å². The van der Waals surface area contributed by atoms with E-state index >= 15 is 0 Å². The van der Waals surface area contributed by atoms with E-state index in [0.29, 0.717) is 19.3 Å². The van der Waals surface area contributed by atoms with Crippen molar-refractivity contribution in [1.29, 1.82) is 0 Å². The number of rotatable bonds is 40. The fourth-order valence-electron chi connectivity index (χ4n) is 5.49. The first kappa shape index (κ1) is 55.9. The first-order valence-corrected chi connectivity index (χ1v) is 23.6. The molecule has 4 atom stereocenters. The third-order valence-corrected chi connectivity index (χ3v) is 9.98. The topological polar surface area (TPSA) is 192 Å². The van der Waals surface area contributed by atoms with Crippen LogP contribution in [-0.2, 0) is 37.5 Å². The number of hydrogen-bond donors (Lipinski definition) is 4. The van der Waals surface area contributed by atoms with Crippen LogP contribution in [-0.4, -0.2) is 71.1 Å². The second-order valence-electron chi connectivity index (χ2n) is 14.7. The maximum Gasteiger partial charge on any atom is 0.472 e. The zero-order chi connectivity index (χ0) is 43.7. The van der Waals surface area contributed by atoms with Gasteiger partial charge in [-0.2, -0.15) is 0 Å². The maximum atomic E-state index is 12.6. The quantitative estimate of drug-likeness (QED) is 0.0150. The number of carbonyl (C=O) groups excluding carboxylic acids is 2. The van der Waals surface area contributed by atoms with E-state index in [1.54, 1.807) is 12.2 Å². The van der Waals surface area contributed by atoms with Gasteiger partial charge in [0.2, 0.25) is 0 Å². The number of carboxylic acid groups (broad SMARTS) is 1. The van der Waals surface area contributed by atoms with Gasteiger partial charge in [-0.3, -0.25) is 23.4 Å². The molecule has 0 aromatic carbocycles. The molecule has 0 radical (unpaired) electrons. The Morgan fingerprint density at radius 3 is 1.68 bits per heavy atom. The van der Waals surface area contributed by atoms with Gasteiger partial charge < -0.3 is 30.3 Å². The summed E-state index contributed by atoms with van der Waals surface area (Å²) in [6.07, 6.45) is 44.2. The average Bonchev–Trinajstić information content (AvgIpc) is 3.20. The zero-order valence-corrected chi connectivity index (χ0v) is 37.1. The summed E-state index contributed by atoms with van der Waals surface area (Å²) < 4.78 is 32.6. The van der Waals surface area contributed by atoms with Crippen LogP contribution in [0.3, 0.4) is 0 Å². The van der Waals surface area contributed by atoms with Crippen molar-refractivity contribution in [2.24, 2.45) is 5.73 Å². The predicted octanol–water partition coefficient (Wildman–Crippen LogP) is 10.7. The number of aliphatic hydroxyl groups is 1. The number of nitrogens with two attached hydrogens (primary N) is 1. The van der Waals surface area contributed by atoms with Crippen LogP contribution in [0.1, 0.15) is 162 Å². The van der Waals surface area contributed by atoms with Crippen LogP contribution in [0.25, 0.3) is 0 Å². The molecule has 0 aliphatic rings. The lowest BCUT2D eigenvalue weighted by molar-refractivity contribution is -0.161. The summed E-state index contributed by atoms with van der Waals surface area (Å²) in [5.41, 5.74) is 5.32. The van der Waals surface area contributed by atoms with Crippen LogP contribution < -0.4 is 5.73 Å². The number of aliphatic hydroxyl groups excluding tert-OH is 1. The molecule has 0 fully saturated rings. The Hall–Kier alpha value is -3.12. The summed E-state index contributed by atoms with van der Waals surface area (Å²) in [5.74, 6) is -2.62. The number of hydrogen-bond acceptors (Lipinski definition) is 10. The molecule has 0 aliphatic carbocycles. The molecule has 0 heterocycles. The van der Waals surface area contributed by atoms with Gasteiger partial charge in [-0.1, -0.05) is 145 Å². The highest BCUT2D eigenvalue weighted by molar-refractivity contribution is 7.47. The van der Waals surface area contributed by atoms with Crippen LogP contribution in [0.15, 0.2) is 72.9 Å². The smallest absolute Gasteiger partial charge is 0.472 e. The molecule has 338 valence electrons. The normalized spacial score (nSPS) is 14.9. The van der Waals surface area contributed by atoms with Crippen LogP contribution in [0, 0.1) is 0 Å². The molecule has 59 heavy (non-hydrogen) atoms. The van der Waals surface area contributed by atoms with E-state index in [1.807, 2.05) is 12.2 Å². The molecule has 0 amide bonds. The predicted molar refractivity (Wildman–Crippen MR) is 237 cm³/mol. The largest absolute Gasteiger partial charge is 0.480 e. The van der Waals surface area contributed by atoms with E-state index in [0.717, 1.165) is 77.0 Å². The molecule has 0 saturated carbocycles. The Balaban J connectivity index is 4.57. The van der Waals surface area contributed by atoms with Gasteiger partial charge >= 0.3 is 25.7 Å². The molecule has 0 rings (SSSR count). The highest BCUT2D eigenvalue weighted by Crippen LogP contribution is 2.43. The second-order valence-corrected chi connectivity index (χ2v) is 16.1. The van der Waals surface area contributed by atoms with Gasteiger partial charge in [-0.05, 0) is 77.0 Å². The van der Waals surface area contributed by atoms with Crippen molar-refractivity contribution >= 4 is 25.7 Å². The Morgan fingerprint density at radius 1 is 0.610 bits per heavy atom. The summed E-state index contributed by atoms with van der Waals surface area (Å²) in [5, 5.41) is 19.1. The highest BCUT2D eigenvalue weighted by atomic mass is 31.2. The minimum Gasteiger partial charge on any atom is -0.480 e. The van der Waals surface area contributed by atoms with Gasteiger partial charge in [0.1, 0.15) is 12.6 Å². The zero-order valence-electron chi connectivity index (χ0n) is 36.2. The Bertz CT molecular complexity index is 1290. The van der Waals surface area contributed by atoms with Crippen molar-refractivity contribution in [3.8, 4) is 0 Å². The van der Waals surface area contributed by atoms with Crippen molar-refractivity contribution in [3.05, 3.63) is 72.9 Å². The van der Waals surface area contributed by atoms with E-state index < -0.39 is 63.8 Å². The minimum atomic E-state index is -4.77. The van der Waals surface area contributed by atoms with Crippen LogP contribution in [0.4, 0.5) is 0 Å². The fourth-order valence-corrected chi connectivity index (χ4v) is 6.27. The van der Waals surface area contributed by atoms with Crippen molar-refractivity contribution in [3.63, 3.8) is 0 Å². The SMILES string of the molecule is CCCCC/C=C\C/C=C\C/C=C\C=C\[C@@H](O)CCCC(=O)OC[C@H](COP(=O)(O)OC[C@H](N)C(=O)O)OC(=O)CCCCCCCCC/C=C\C/C=C\CCCCC. The number of phosphoric acid groups is 1. The average molecular weight is 852 g/mol. The summed E-state index contributed by atoms with van der Waals surface area (Å²) in [6.45, 7) is 2.53. The third-order valence-electron chi connectivity index (χ3n) is 9.03. The molecular weight excluding hydrogens is 773 g/mol. The van der Waals surface area contributed by atoms with Gasteiger partial charge in [-0.25, -0.2) is 4.57 Å². The Labute approximate surface area is 355 Å². The number of carboxylic acids is 1. The fraction of sp³-hybridized carbons (Fsp3) is 0.674. The van der Waals surface area contributed by atoms with Gasteiger partial charge in [0.25, 0.3) is 0 Å². The van der Waals surface area contributed by atoms with Gasteiger partial charge in [0, 0.05) is 12.8 Å². The van der Waals surface area contributed by atoms with Crippen LogP contribution in [0.5, 0.6) is 0 Å². The van der Waals surface area contributed by atoms with Gasteiger partial charge in [0.15, 0.2) is 6.10 Å². The highest BCUT2D eigenvalue weighted by Gasteiger charge is 2.28. The third kappa shape index (κ3) is 40.1. The summed E-state index contributed by atoms with van der Waals surface area (Å²) in [7, 11) is -4.77. The number of ether oxygens (including phenoxy) is 2. The molecule has 0 bridgehead atoms. The molecule has 13 heteroatoms. The number of unbranched alkanes of at least 4 members (excludes halogenated alkanes) is 13. The summed E-state index contributed by atoms with van der Waals surface area (Å²) in [4.78, 5) is 46.0. The monoisotopic (exact) mass is 852 g/mol. The lowest BCUT2D eigenvalue weighted by Gasteiger charge is -2.20. The molecule has 12 nitrogen and oxygen atoms in total. The molecule has 0 saturated heterocycles. The van der Waals surface area contributed by atoms with E-state index in [-0.39, 0.29) is 12.8 Å². The number of carbonyl (C=O) groups is 3. The lowest BCUT2D eigenvalue weighted by Crippen LogP contribution is -2.34. The standard InChI is InChI=1S/C46H78NO11P/c1-3-5-7-9-11-13-15-17-18-19-20-22-24-26-28-30-32-36-45(50)58-42(39-56-59(53,54)57-40-43(47)46(51)52)38-55-44(49)37-33-35-41(48)34-31-29-27-25-23-21-16-14-12-10-8-6-4-2/h11-14,17-18,21,23,27,29,31,34,41-43,48H,3-10,15-16,19-20,22,24-26,28,30,32-33,35-40,47H2,1-2H3,(H,51,52)(H,53,54)/b13-11-,14-12-,18-17-,23-21-,29-27-,34-31+/t41-,42-,43+/m1/s1. The van der Waals surface area contributed by atoms with Gasteiger partial charge in [-0.15, -0.1) is 0 Å².